The zero-order chi connectivity index (χ0) is 13.3. The third-order valence-electron chi connectivity index (χ3n) is 2.45. The molecule has 0 amide bonds. The lowest BCUT2D eigenvalue weighted by molar-refractivity contribution is 0.103. The second-order valence-corrected chi connectivity index (χ2v) is 3.74. The maximum absolute atomic E-state index is 12.0. The Balaban J connectivity index is 2.49. The number of hydrogen-bond donors (Lipinski definition) is 4. The molecule has 2 aromatic carbocycles. The van der Waals surface area contributed by atoms with Crippen LogP contribution in [0.4, 0.5) is 0 Å². The molecule has 0 radical (unpaired) electrons. The van der Waals surface area contributed by atoms with Crippen molar-refractivity contribution in [2.75, 3.05) is 0 Å². The van der Waals surface area contributed by atoms with Gasteiger partial charge in [0.15, 0.2) is 17.3 Å². The largest absolute Gasteiger partial charge is 0.508 e. The predicted octanol–water partition coefficient (Wildman–Crippen LogP) is 1.74. The lowest BCUT2D eigenvalue weighted by Gasteiger charge is -2.06. The fourth-order valence-electron chi connectivity index (χ4n) is 1.55. The van der Waals surface area contributed by atoms with Gasteiger partial charge in [-0.25, -0.2) is 0 Å². The molecule has 2 aromatic rings. The first-order valence-electron chi connectivity index (χ1n) is 5.07. The van der Waals surface area contributed by atoms with Gasteiger partial charge in [-0.05, 0) is 18.2 Å². The number of hydrogen-bond acceptors (Lipinski definition) is 5. The number of aromatic hydroxyl groups is 4. The molecule has 18 heavy (non-hydrogen) atoms. The Morgan fingerprint density at radius 1 is 0.833 bits per heavy atom. The highest BCUT2D eigenvalue weighted by Crippen LogP contribution is 2.33. The molecule has 4 N–H and O–H groups in total. The molecule has 0 fully saturated rings. The fourth-order valence-corrected chi connectivity index (χ4v) is 1.55. The Hall–Kier alpha value is -2.69. The number of benzene rings is 2. The smallest absolute Gasteiger partial charge is 0.197 e. The zero-order valence-electron chi connectivity index (χ0n) is 9.16. The lowest BCUT2D eigenvalue weighted by atomic mass is 10.0. The summed E-state index contributed by atoms with van der Waals surface area (Å²) in [4.78, 5) is 12.0. The highest BCUT2D eigenvalue weighted by atomic mass is 16.3. The van der Waals surface area contributed by atoms with Gasteiger partial charge in [-0.1, -0.05) is 12.1 Å². The highest BCUT2D eigenvalue weighted by molar-refractivity contribution is 6.11. The SMILES string of the molecule is O=C(c1cccc(O)c1)c1cc(O)c(O)cc1O. The van der Waals surface area contributed by atoms with Crippen LogP contribution in [-0.4, -0.2) is 26.2 Å². The average Bonchev–Trinajstić information content (AvgIpc) is 2.33. The van der Waals surface area contributed by atoms with Crippen LogP contribution in [-0.2, 0) is 0 Å². The average molecular weight is 246 g/mol. The number of phenols is 4. The molecule has 92 valence electrons. The summed E-state index contributed by atoms with van der Waals surface area (Å²) >= 11 is 0. The van der Waals surface area contributed by atoms with Crippen molar-refractivity contribution in [3.63, 3.8) is 0 Å². The molecule has 5 heteroatoms. The van der Waals surface area contributed by atoms with Crippen molar-refractivity contribution >= 4 is 5.78 Å². The van der Waals surface area contributed by atoms with E-state index in [-0.39, 0.29) is 16.9 Å². The molecule has 0 bridgehead atoms. The van der Waals surface area contributed by atoms with Crippen LogP contribution in [0.5, 0.6) is 23.0 Å². The molecule has 0 aliphatic heterocycles. The molecule has 5 nitrogen and oxygen atoms in total. The molecule has 0 unspecified atom stereocenters. The topological polar surface area (TPSA) is 98.0 Å². The minimum absolute atomic E-state index is 0.0802. The van der Waals surface area contributed by atoms with E-state index in [1.165, 1.54) is 24.3 Å². The quantitative estimate of drug-likeness (QED) is 0.367. The molecular formula is C13H10O5. The van der Waals surface area contributed by atoms with Crippen molar-refractivity contribution in [2.45, 2.75) is 0 Å². The Bertz CT molecular complexity index is 619. The normalized spacial score (nSPS) is 10.2. The summed E-state index contributed by atoms with van der Waals surface area (Å²) in [7, 11) is 0. The van der Waals surface area contributed by atoms with E-state index in [1.807, 2.05) is 0 Å². The van der Waals surface area contributed by atoms with Crippen LogP contribution in [0.15, 0.2) is 36.4 Å². The molecule has 0 atom stereocenters. The van der Waals surface area contributed by atoms with Crippen LogP contribution in [0.1, 0.15) is 15.9 Å². The standard InChI is InChI=1S/C13H10O5/c14-8-3-1-2-7(4-8)13(18)9-5-11(16)12(17)6-10(9)15/h1-6,14-17H. The van der Waals surface area contributed by atoms with Gasteiger partial charge in [-0.2, -0.15) is 0 Å². The van der Waals surface area contributed by atoms with Gasteiger partial charge in [0.05, 0.1) is 5.56 Å². The highest BCUT2D eigenvalue weighted by Gasteiger charge is 2.16. The zero-order valence-corrected chi connectivity index (χ0v) is 9.16. The van der Waals surface area contributed by atoms with Gasteiger partial charge in [0.25, 0.3) is 0 Å². The maximum atomic E-state index is 12.0. The summed E-state index contributed by atoms with van der Waals surface area (Å²) < 4.78 is 0. The van der Waals surface area contributed by atoms with Crippen LogP contribution < -0.4 is 0 Å². The Kier molecular flexibility index (Phi) is 2.81. The monoisotopic (exact) mass is 246 g/mol. The number of carbonyl (C=O) groups excluding carboxylic acids is 1. The summed E-state index contributed by atoms with van der Waals surface area (Å²) in [6.07, 6.45) is 0. The van der Waals surface area contributed by atoms with Crippen molar-refractivity contribution in [3.05, 3.63) is 47.5 Å². The summed E-state index contributed by atoms with van der Waals surface area (Å²) in [6, 6.07) is 7.45. The Morgan fingerprint density at radius 3 is 2.17 bits per heavy atom. The summed E-state index contributed by atoms with van der Waals surface area (Å²) in [6.45, 7) is 0. The van der Waals surface area contributed by atoms with Gasteiger partial charge in [0.1, 0.15) is 11.5 Å². The van der Waals surface area contributed by atoms with Crippen LogP contribution in [0.3, 0.4) is 0 Å². The Morgan fingerprint density at radius 2 is 1.50 bits per heavy atom. The van der Waals surface area contributed by atoms with E-state index in [9.17, 15) is 20.1 Å². The van der Waals surface area contributed by atoms with E-state index in [1.54, 1.807) is 0 Å². The van der Waals surface area contributed by atoms with Crippen molar-refractivity contribution in [2.24, 2.45) is 0 Å². The second kappa shape index (κ2) is 4.29. The number of carbonyl (C=O) groups is 1. The molecule has 0 heterocycles. The number of phenolic OH excluding ortho intramolecular Hbond substituents is 4. The fraction of sp³-hybridized carbons (Fsp3) is 0. The van der Waals surface area contributed by atoms with Crippen molar-refractivity contribution in [1.82, 2.24) is 0 Å². The summed E-state index contributed by atoms with van der Waals surface area (Å²) in [5.41, 5.74) is 0.00582. The van der Waals surface area contributed by atoms with Crippen LogP contribution in [0.2, 0.25) is 0 Å². The van der Waals surface area contributed by atoms with Gasteiger partial charge in [0.2, 0.25) is 0 Å². The second-order valence-electron chi connectivity index (χ2n) is 3.74. The molecule has 2 rings (SSSR count). The molecule has 0 saturated heterocycles. The van der Waals surface area contributed by atoms with Gasteiger partial charge >= 0.3 is 0 Å². The van der Waals surface area contributed by atoms with E-state index < -0.39 is 23.0 Å². The van der Waals surface area contributed by atoms with Crippen LogP contribution >= 0.6 is 0 Å². The first-order chi connectivity index (χ1) is 8.49. The Labute approximate surface area is 102 Å². The number of ketones is 1. The third-order valence-corrected chi connectivity index (χ3v) is 2.45. The molecule has 0 saturated carbocycles. The van der Waals surface area contributed by atoms with Gasteiger partial charge in [0, 0.05) is 11.6 Å². The van der Waals surface area contributed by atoms with Crippen molar-refractivity contribution in [1.29, 1.82) is 0 Å². The van der Waals surface area contributed by atoms with Crippen molar-refractivity contribution < 1.29 is 25.2 Å². The summed E-state index contributed by atoms with van der Waals surface area (Å²) in [5, 5.41) is 37.3. The minimum Gasteiger partial charge on any atom is -0.508 e. The first-order valence-corrected chi connectivity index (χ1v) is 5.07. The predicted molar refractivity (Wildman–Crippen MR) is 63.0 cm³/mol. The molecule has 0 aliphatic rings. The lowest BCUT2D eigenvalue weighted by Crippen LogP contribution is -2.01. The van der Waals surface area contributed by atoms with Crippen molar-refractivity contribution in [3.8, 4) is 23.0 Å². The van der Waals surface area contributed by atoms with E-state index in [0.717, 1.165) is 12.1 Å². The minimum atomic E-state index is -0.571. The van der Waals surface area contributed by atoms with Gasteiger partial charge in [-0.3, -0.25) is 4.79 Å². The van der Waals surface area contributed by atoms with E-state index in [2.05, 4.69) is 0 Å². The molecule has 0 spiro atoms. The third kappa shape index (κ3) is 2.06. The van der Waals surface area contributed by atoms with Crippen LogP contribution in [0.25, 0.3) is 0 Å². The van der Waals surface area contributed by atoms with E-state index in [4.69, 9.17) is 5.11 Å². The molecule has 0 aliphatic carbocycles. The first kappa shape index (κ1) is 11.8. The maximum Gasteiger partial charge on any atom is 0.197 e. The molecular weight excluding hydrogens is 236 g/mol. The van der Waals surface area contributed by atoms with Gasteiger partial charge < -0.3 is 20.4 Å². The van der Waals surface area contributed by atoms with Gasteiger partial charge in [-0.15, -0.1) is 0 Å². The summed E-state index contributed by atoms with van der Waals surface area (Å²) in [5.74, 6) is -2.11. The van der Waals surface area contributed by atoms with Crippen LogP contribution in [0, 0.1) is 0 Å². The molecule has 0 aromatic heterocycles. The van der Waals surface area contributed by atoms with E-state index in [0.29, 0.717) is 0 Å². The number of rotatable bonds is 2. The van der Waals surface area contributed by atoms with E-state index >= 15 is 0 Å².